The van der Waals surface area contributed by atoms with Gasteiger partial charge in [-0.05, 0) is 54.2 Å². The molecule has 0 saturated heterocycles. The van der Waals surface area contributed by atoms with Crippen molar-refractivity contribution >= 4 is 34.1 Å². The highest BCUT2D eigenvalue weighted by Gasteiger charge is 2.18. The van der Waals surface area contributed by atoms with Gasteiger partial charge in [0.2, 0.25) is 11.8 Å². The van der Waals surface area contributed by atoms with Crippen LogP contribution in [0.2, 0.25) is 0 Å². The quantitative estimate of drug-likeness (QED) is 0.163. The summed E-state index contributed by atoms with van der Waals surface area (Å²) in [7, 11) is 1.59. The molecule has 0 bridgehead atoms. The number of carbonyl (C=O) groups is 1. The molecule has 5 aromatic rings. The summed E-state index contributed by atoms with van der Waals surface area (Å²) in [5.41, 5.74) is 4.29. The van der Waals surface area contributed by atoms with Crippen LogP contribution in [-0.2, 0) is 11.8 Å². The van der Waals surface area contributed by atoms with Crippen molar-refractivity contribution in [3.05, 3.63) is 108 Å². The Morgan fingerprint density at radius 1 is 0.791 bits per heavy atom. The van der Waals surface area contributed by atoms with E-state index >= 15 is 0 Å². The molecule has 43 heavy (non-hydrogen) atoms. The highest BCUT2D eigenvalue weighted by atomic mass is 16.5. The third-order valence-corrected chi connectivity index (χ3v) is 7.03. The summed E-state index contributed by atoms with van der Waals surface area (Å²) in [5, 5.41) is 10.9. The second kappa shape index (κ2) is 12.8. The van der Waals surface area contributed by atoms with E-state index in [9.17, 15) is 4.79 Å². The average molecular weight is 576 g/mol. The molecule has 0 radical (unpaired) electrons. The fourth-order valence-electron chi connectivity index (χ4n) is 4.76. The predicted octanol–water partition coefficient (Wildman–Crippen LogP) is 8.34. The molecule has 0 unspecified atom stereocenters. The fraction of sp³-hybridized carbons (Fsp3) is 0.229. The standard InChI is InChI=1S/C35H37N5O3/c1-23-21-32(40-33(37-23)36-20-19-24-11-7-6-8-12-24)43-30-18-16-28(26-13-9-10-14-27(26)30)38-34(41)39-29-22-25(35(2,3)4)15-17-31(29)42-5/h6-18,21-22H,19-20H2,1-5H3,(H,36,37,40)(H2,38,39,41). The number of benzene rings is 4. The van der Waals surface area contributed by atoms with E-state index in [0.29, 0.717) is 41.2 Å². The molecule has 4 aromatic carbocycles. The Hall–Kier alpha value is -5.11. The van der Waals surface area contributed by atoms with Gasteiger partial charge in [-0.15, -0.1) is 0 Å². The zero-order valence-electron chi connectivity index (χ0n) is 25.2. The fourth-order valence-corrected chi connectivity index (χ4v) is 4.76. The van der Waals surface area contributed by atoms with Crippen molar-refractivity contribution in [2.45, 2.75) is 39.5 Å². The highest BCUT2D eigenvalue weighted by Crippen LogP contribution is 2.35. The van der Waals surface area contributed by atoms with Gasteiger partial charge in [0, 0.05) is 29.1 Å². The van der Waals surface area contributed by atoms with Gasteiger partial charge in [-0.2, -0.15) is 4.98 Å². The lowest BCUT2D eigenvalue weighted by Gasteiger charge is -2.21. The van der Waals surface area contributed by atoms with E-state index in [4.69, 9.17) is 9.47 Å². The van der Waals surface area contributed by atoms with Gasteiger partial charge in [0.1, 0.15) is 11.5 Å². The number of aromatic nitrogens is 2. The number of methoxy groups -OCH3 is 1. The molecule has 0 atom stereocenters. The number of hydrogen-bond donors (Lipinski definition) is 3. The number of ether oxygens (including phenoxy) is 2. The Labute approximate surface area is 252 Å². The summed E-state index contributed by atoms with van der Waals surface area (Å²) >= 11 is 0. The first-order chi connectivity index (χ1) is 20.7. The van der Waals surface area contributed by atoms with Crippen molar-refractivity contribution in [2.24, 2.45) is 0 Å². The number of urea groups is 1. The lowest BCUT2D eigenvalue weighted by Crippen LogP contribution is -2.21. The molecule has 3 N–H and O–H groups in total. The number of rotatable bonds is 9. The van der Waals surface area contributed by atoms with Crippen LogP contribution >= 0.6 is 0 Å². The maximum Gasteiger partial charge on any atom is 0.323 e. The third-order valence-electron chi connectivity index (χ3n) is 7.03. The maximum atomic E-state index is 13.1. The van der Waals surface area contributed by atoms with Crippen LogP contribution < -0.4 is 25.4 Å². The zero-order chi connectivity index (χ0) is 30.4. The number of aryl methyl sites for hydroxylation is 1. The van der Waals surface area contributed by atoms with Gasteiger partial charge < -0.3 is 25.4 Å². The predicted molar refractivity (Wildman–Crippen MR) is 174 cm³/mol. The van der Waals surface area contributed by atoms with E-state index in [0.717, 1.165) is 28.5 Å². The molecule has 8 nitrogen and oxygen atoms in total. The molecule has 0 aliphatic rings. The monoisotopic (exact) mass is 575 g/mol. The summed E-state index contributed by atoms with van der Waals surface area (Å²) in [6.45, 7) is 8.99. The summed E-state index contributed by atoms with van der Waals surface area (Å²) in [5.74, 6) is 2.15. The minimum absolute atomic E-state index is 0.0770. The zero-order valence-corrected chi connectivity index (χ0v) is 25.2. The normalized spacial score (nSPS) is 11.2. The largest absolute Gasteiger partial charge is 0.495 e. The summed E-state index contributed by atoms with van der Waals surface area (Å²) in [6.07, 6.45) is 0.857. The maximum absolute atomic E-state index is 13.1. The van der Waals surface area contributed by atoms with Crippen molar-refractivity contribution in [3.8, 4) is 17.4 Å². The first-order valence-electron chi connectivity index (χ1n) is 14.3. The van der Waals surface area contributed by atoms with Crippen LogP contribution in [0.4, 0.5) is 22.1 Å². The van der Waals surface area contributed by atoms with Gasteiger partial charge in [-0.25, -0.2) is 9.78 Å². The minimum Gasteiger partial charge on any atom is -0.495 e. The minimum atomic E-state index is -0.374. The molecule has 0 aliphatic heterocycles. The van der Waals surface area contributed by atoms with Crippen molar-refractivity contribution in [1.29, 1.82) is 0 Å². The van der Waals surface area contributed by atoms with E-state index in [1.807, 2.05) is 79.7 Å². The Bertz CT molecular complexity index is 1730. The van der Waals surface area contributed by atoms with Crippen molar-refractivity contribution < 1.29 is 14.3 Å². The van der Waals surface area contributed by atoms with E-state index < -0.39 is 0 Å². The highest BCUT2D eigenvalue weighted by molar-refractivity contribution is 6.08. The molecule has 0 fully saturated rings. The lowest BCUT2D eigenvalue weighted by molar-refractivity contribution is 0.262. The van der Waals surface area contributed by atoms with E-state index in [-0.39, 0.29) is 11.4 Å². The first-order valence-corrected chi connectivity index (χ1v) is 14.3. The number of nitrogens with one attached hydrogen (secondary N) is 3. The third kappa shape index (κ3) is 7.40. The molecule has 0 aliphatic carbocycles. The first kappa shape index (κ1) is 29.4. The molecular weight excluding hydrogens is 538 g/mol. The number of anilines is 3. The van der Waals surface area contributed by atoms with Crippen LogP contribution in [0.5, 0.6) is 17.4 Å². The number of carbonyl (C=O) groups excluding carboxylic acids is 1. The number of fused-ring (bicyclic) bond motifs is 1. The van der Waals surface area contributed by atoms with Crippen LogP contribution in [0.1, 0.15) is 37.6 Å². The molecule has 220 valence electrons. The lowest BCUT2D eigenvalue weighted by atomic mass is 9.87. The van der Waals surface area contributed by atoms with Crippen LogP contribution in [0, 0.1) is 6.92 Å². The molecule has 0 saturated carbocycles. The summed E-state index contributed by atoms with van der Waals surface area (Å²) < 4.78 is 11.8. The van der Waals surface area contributed by atoms with E-state index in [1.54, 1.807) is 13.2 Å². The van der Waals surface area contributed by atoms with Gasteiger partial charge in [0.15, 0.2) is 0 Å². The number of hydrogen-bond acceptors (Lipinski definition) is 6. The Balaban J connectivity index is 1.33. The van der Waals surface area contributed by atoms with E-state index in [2.05, 4.69) is 58.8 Å². The number of nitrogens with zero attached hydrogens (tertiary/aromatic N) is 2. The van der Waals surface area contributed by atoms with Crippen molar-refractivity contribution in [3.63, 3.8) is 0 Å². The van der Waals surface area contributed by atoms with Gasteiger partial charge in [0.25, 0.3) is 0 Å². The molecule has 5 rings (SSSR count). The van der Waals surface area contributed by atoms with Gasteiger partial charge >= 0.3 is 6.03 Å². The van der Waals surface area contributed by atoms with Crippen molar-refractivity contribution in [2.75, 3.05) is 29.6 Å². The van der Waals surface area contributed by atoms with Gasteiger partial charge in [0.05, 0.1) is 18.5 Å². The van der Waals surface area contributed by atoms with Crippen LogP contribution in [0.15, 0.2) is 91.0 Å². The van der Waals surface area contributed by atoms with Crippen molar-refractivity contribution in [1.82, 2.24) is 9.97 Å². The van der Waals surface area contributed by atoms with Crippen LogP contribution in [0.3, 0.4) is 0 Å². The van der Waals surface area contributed by atoms with E-state index in [1.165, 1.54) is 5.56 Å². The molecule has 1 heterocycles. The molecule has 2 amide bonds. The Morgan fingerprint density at radius 3 is 2.23 bits per heavy atom. The molecule has 1 aromatic heterocycles. The van der Waals surface area contributed by atoms with Crippen LogP contribution in [-0.4, -0.2) is 29.7 Å². The topological polar surface area (TPSA) is 97.4 Å². The SMILES string of the molecule is COc1ccc(C(C)(C)C)cc1NC(=O)Nc1ccc(Oc2cc(C)nc(NCCc3ccccc3)n2)c2ccccc12. The second-order valence-corrected chi connectivity index (χ2v) is 11.3. The summed E-state index contributed by atoms with van der Waals surface area (Å²) in [6, 6.07) is 28.9. The molecular formula is C35H37N5O3. The van der Waals surface area contributed by atoms with Gasteiger partial charge in [-0.1, -0.05) is 81.4 Å². The smallest absolute Gasteiger partial charge is 0.323 e. The molecule has 8 heteroatoms. The number of amides is 2. The molecule has 0 spiro atoms. The van der Waals surface area contributed by atoms with Crippen LogP contribution in [0.25, 0.3) is 10.8 Å². The second-order valence-electron chi connectivity index (χ2n) is 11.3. The van der Waals surface area contributed by atoms with Gasteiger partial charge in [-0.3, -0.25) is 0 Å². The average Bonchev–Trinajstić information content (AvgIpc) is 2.98. The summed E-state index contributed by atoms with van der Waals surface area (Å²) in [4.78, 5) is 22.3. The Morgan fingerprint density at radius 2 is 1.49 bits per heavy atom. The Kier molecular flexibility index (Phi) is 8.76.